The van der Waals surface area contributed by atoms with Crippen molar-refractivity contribution in [3.05, 3.63) is 0 Å². The molecule has 0 aromatic carbocycles. The second-order valence-corrected chi connectivity index (χ2v) is 3.96. The molecule has 3 heteroatoms. The lowest BCUT2D eigenvalue weighted by Gasteiger charge is -2.14. The SMILES string of the molecule is CCC1OC(CC)C2C(=O)NCC12. The highest BCUT2D eigenvalue weighted by Crippen LogP contribution is 2.38. The molecule has 2 rings (SSSR count). The molecule has 1 N–H and O–H groups in total. The van der Waals surface area contributed by atoms with Gasteiger partial charge in [0.1, 0.15) is 0 Å². The van der Waals surface area contributed by atoms with Crippen LogP contribution in [-0.2, 0) is 9.53 Å². The third-order valence-corrected chi connectivity index (χ3v) is 3.31. The van der Waals surface area contributed by atoms with Gasteiger partial charge in [-0.25, -0.2) is 0 Å². The number of amides is 1. The first-order valence-electron chi connectivity index (χ1n) is 5.21. The third kappa shape index (κ3) is 1.26. The molecule has 0 radical (unpaired) electrons. The molecule has 4 atom stereocenters. The molecule has 0 bridgehead atoms. The van der Waals surface area contributed by atoms with Crippen LogP contribution in [0.3, 0.4) is 0 Å². The van der Waals surface area contributed by atoms with Gasteiger partial charge in [0.2, 0.25) is 5.91 Å². The Bertz CT molecular complexity index is 217. The first-order valence-corrected chi connectivity index (χ1v) is 5.21. The maximum Gasteiger partial charge on any atom is 0.226 e. The summed E-state index contributed by atoms with van der Waals surface area (Å²) < 4.78 is 5.84. The smallest absolute Gasteiger partial charge is 0.226 e. The fourth-order valence-corrected chi connectivity index (χ4v) is 2.62. The van der Waals surface area contributed by atoms with Gasteiger partial charge in [-0.1, -0.05) is 13.8 Å². The van der Waals surface area contributed by atoms with E-state index in [9.17, 15) is 4.79 Å². The predicted molar refractivity (Wildman–Crippen MR) is 49.2 cm³/mol. The average molecular weight is 183 g/mol. The largest absolute Gasteiger partial charge is 0.374 e. The Morgan fingerprint density at radius 2 is 2.08 bits per heavy atom. The second kappa shape index (κ2) is 3.29. The minimum Gasteiger partial charge on any atom is -0.374 e. The van der Waals surface area contributed by atoms with Crippen molar-refractivity contribution in [2.75, 3.05) is 6.54 Å². The first-order chi connectivity index (χ1) is 6.27. The van der Waals surface area contributed by atoms with Gasteiger partial charge in [0, 0.05) is 12.5 Å². The Morgan fingerprint density at radius 3 is 2.69 bits per heavy atom. The highest BCUT2D eigenvalue weighted by Gasteiger charge is 2.50. The molecular formula is C10H17NO2. The molecule has 0 aromatic rings. The van der Waals surface area contributed by atoms with Crippen molar-refractivity contribution in [3.8, 4) is 0 Å². The number of carbonyl (C=O) groups is 1. The minimum absolute atomic E-state index is 0.134. The van der Waals surface area contributed by atoms with Gasteiger partial charge < -0.3 is 10.1 Å². The molecular weight excluding hydrogens is 166 g/mol. The van der Waals surface area contributed by atoms with E-state index in [4.69, 9.17) is 4.74 Å². The molecule has 0 saturated carbocycles. The number of hydrogen-bond donors (Lipinski definition) is 1. The topological polar surface area (TPSA) is 38.3 Å². The Balaban J connectivity index is 2.16. The van der Waals surface area contributed by atoms with E-state index in [1.165, 1.54) is 0 Å². The van der Waals surface area contributed by atoms with Crippen molar-refractivity contribution in [2.45, 2.75) is 38.9 Å². The third-order valence-electron chi connectivity index (χ3n) is 3.31. The zero-order valence-corrected chi connectivity index (χ0v) is 8.25. The van der Waals surface area contributed by atoms with Gasteiger partial charge in [0.05, 0.1) is 18.1 Å². The number of nitrogens with one attached hydrogen (secondary N) is 1. The van der Waals surface area contributed by atoms with E-state index in [0.29, 0.717) is 12.0 Å². The van der Waals surface area contributed by atoms with Gasteiger partial charge in [0.25, 0.3) is 0 Å². The number of rotatable bonds is 2. The van der Waals surface area contributed by atoms with E-state index in [0.717, 1.165) is 19.4 Å². The van der Waals surface area contributed by atoms with Crippen LogP contribution >= 0.6 is 0 Å². The number of hydrogen-bond acceptors (Lipinski definition) is 2. The van der Waals surface area contributed by atoms with Crippen LogP contribution in [0.5, 0.6) is 0 Å². The summed E-state index contributed by atoms with van der Waals surface area (Å²) in [6.07, 6.45) is 2.43. The van der Waals surface area contributed by atoms with E-state index >= 15 is 0 Å². The van der Waals surface area contributed by atoms with Crippen LogP contribution in [0.25, 0.3) is 0 Å². The molecule has 74 valence electrons. The van der Waals surface area contributed by atoms with Crippen molar-refractivity contribution >= 4 is 5.91 Å². The molecule has 13 heavy (non-hydrogen) atoms. The highest BCUT2D eigenvalue weighted by atomic mass is 16.5. The summed E-state index contributed by atoms with van der Waals surface area (Å²) in [7, 11) is 0. The van der Waals surface area contributed by atoms with Gasteiger partial charge in [-0.2, -0.15) is 0 Å². The molecule has 3 nitrogen and oxygen atoms in total. The Kier molecular flexibility index (Phi) is 2.28. The van der Waals surface area contributed by atoms with Crippen LogP contribution in [0.4, 0.5) is 0 Å². The molecule has 2 aliphatic rings. The summed E-state index contributed by atoms with van der Waals surface area (Å²) in [5.74, 6) is 0.769. The number of fused-ring (bicyclic) bond motifs is 1. The number of carbonyl (C=O) groups excluding carboxylic acids is 1. The average Bonchev–Trinajstić information content (AvgIpc) is 2.67. The standard InChI is InChI=1S/C10H17NO2/c1-3-7-6-5-11-10(12)9(6)8(4-2)13-7/h6-9H,3-5H2,1-2H3,(H,11,12). The van der Waals surface area contributed by atoms with Gasteiger partial charge in [-0.05, 0) is 12.8 Å². The lowest BCUT2D eigenvalue weighted by molar-refractivity contribution is -0.124. The summed E-state index contributed by atoms with van der Waals surface area (Å²) in [5, 5.41) is 2.93. The quantitative estimate of drug-likeness (QED) is 0.691. The summed E-state index contributed by atoms with van der Waals surface area (Å²) in [5.41, 5.74) is 0. The van der Waals surface area contributed by atoms with Crippen molar-refractivity contribution in [1.29, 1.82) is 0 Å². The van der Waals surface area contributed by atoms with Crippen LogP contribution in [0.2, 0.25) is 0 Å². The molecule has 2 aliphatic heterocycles. The summed E-state index contributed by atoms with van der Waals surface area (Å²) in [6, 6.07) is 0. The zero-order valence-electron chi connectivity index (χ0n) is 8.25. The fourth-order valence-electron chi connectivity index (χ4n) is 2.62. The van der Waals surface area contributed by atoms with Crippen molar-refractivity contribution in [3.63, 3.8) is 0 Å². The predicted octanol–water partition coefficient (Wildman–Crippen LogP) is 0.936. The van der Waals surface area contributed by atoms with Crippen LogP contribution < -0.4 is 5.32 Å². The van der Waals surface area contributed by atoms with Gasteiger partial charge in [-0.15, -0.1) is 0 Å². The van der Waals surface area contributed by atoms with Gasteiger partial charge >= 0.3 is 0 Å². The van der Waals surface area contributed by atoms with E-state index < -0.39 is 0 Å². The van der Waals surface area contributed by atoms with Crippen LogP contribution in [-0.4, -0.2) is 24.7 Å². The normalized spacial score (nSPS) is 43.4. The van der Waals surface area contributed by atoms with Crippen LogP contribution in [0, 0.1) is 11.8 Å². The van der Waals surface area contributed by atoms with Crippen molar-refractivity contribution in [1.82, 2.24) is 5.32 Å². The first kappa shape index (κ1) is 9.00. The lowest BCUT2D eigenvalue weighted by Crippen LogP contribution is -2.27. The Labute approximate surface area is 78.8 Å². The molecule has 0 aliphatic carbocycles. The second-order valence-electron chi connectivity index (χ2n) is 3.96. The summed E-state index contributed by atoms with van der Waals surface area (Å²) >= 11 is 0. The van der Waals surface area contributed by atoms with E-state index in [1.54, 1.807) is 0 Å². The van der Waals surface area contributed by atoms with Crippen molar-refractivity contribution in [2.24, 2.45) is 11.8 Å². The molecule has 0 spiro atoms. The minimum atomic E-state index is 0.134. The fraction of sp³-hybridized carbons (Fsp3) is 0.900. The summed E-state index contributed by atoms with van der Waals surface area (Å²) in [4.78, 5) is 11.5. The summed E-state index contributed by atoms with van der Waals surface area (Å²) in [6.45, 7) is 5.03. The molecule has 1 amide bonds. The maximum absolute atomic E-state index is 11.5. The number of ether oxygens (including phenoxy) is 1. The van der Waals surface area contributed by atoms with Crippen molar-refractivity contribution < 1.29 is 9.53 Å². The maximum atomic E-state index is 11.5. The molecule has 2 fully saturated rings. The molecule has 2 heterocycles. The van der Waals surface area contributed by atoms with Crippen LogP contribution in [0.1, 0.15) is 26.7 Å². The van der Waals surface area contributed by atoms with Gasteiger partial charge in [-0.3, -0.25) is 4.79 Å². The highest BCUT2D eigenvalue weighted by molar-refractivity contribution is 5.82. The van der Waals surface area contributed by atoms with E-state index in [1.807, 2.05) is 0 Å². The molecule has 2 saturated heterocycles. The Hall–Kier alpha value is -0.570. The molecule has 4 unspecified atom stereocenters. The monoisotopic (exact) mass is 183 g/mol. The van der Waals surface area contributed by atoms with Crippen LogP contribution in [0.15, 0.2) is 0 Å². The zero-order chi connectivity index (χ0) is 9.42. The van der Waals surface area contributed by atoms with E-state index in [2.05, 4.69) is 19.2 Å². The van der Waals surface area contributed by atoms with E-state index in [-0.39, 0.29) is 17.9 Å². The molecule has 0 aromatic heterocycles. The van der Waals surface area contributed by atoms with Gasteiger partial charge in [0.15, 0.2) is 0 Å². The Morgan fingerprint density at radius 1 is 1.38 bits per heavy atom. The lowest BCUT2D eigenvalue weighted by atomic mass is 9.88.